The van der Waals surface area contributed by atoms with Gasteiger partial charge in [-0.15, -0.1) is 0 Å². The van der Waals surface area contributed by atoms with Crippen molar-refractivity contribution in [1.82, 2.24) is 15.8 Å². The smallest absolute Gasteiger partial charge is 0.257 e. The molecule has 0 saturated carbocycles. The molecule has 2 rings (SSSR count). The van der Waals surface area contributed by atoms with Gasteiger partial charge < -0.3 is 0 Å². The molecule has 1 fully saturated rings. The van der Waals surface area contributed by atoms with Gasteiger partial charge in [-0.05, 0) is 37.2 Å². The molecule has 1 aromatic carbocycles. The lowest BCUT2D eigenvalue weighted by Crippen LogP contribution is -2.50. The van der Waals surface area contributed by atoms with E-state index in [0.717, 1.165) is 13.1 Å². The van der Waals surface area contributed by atoms with Crippen LogP contribution in [0.3, 0.4) is 0 Å². The van der Waals surface area contributed by atoms with E-state index in [2.05, 4.69) is 15.8 Å². The lowest BCUT2D eigenvalue weighted by Gasteiger charge is -2.27. The molecule has 18 heavy (non-hydrogen) atoms. The van der Waals surface area contributed by atoms with E-state index in [4.69, 9.17) is 12.2 Å². The van der Waals surface area contributed by atoms with Crippen molar-refractivity contribution in [2.24, 2.45) is 0 Å². The summed E-state index contributed by atoms with van der Waals surface area (Å²) < 4.78 is 0. The highest BCUT2D eigenvalue weighted by Crippen LogP contribution is 2.05. The first-order valence-corrected chi connectivity index (χ1v) is 6.58. The van der Waals surface area contributed by atoms with Gasteiger partial charge in [-0.3, -0.25) is 15.5 Å². The van der Waals surface area contributed by atoms with E-state index in [0.29, 0.717) is 10.7 Å². The minimum Gasteiger partial charge on any atom is -0.298 e. The minimum absolute atomic E-state index is 0.176. The van der Waals surface area contributed by atoms with Crippen molar-refractivity contribution in [3.05, 3.63) is 35.9 Å². The molecule has 1 aliphatic rings. The summed E-state index contributed by atoms with van der Waals surface area (Å²) in [5.41, 5.74) is 3.66. The molecule has 5 heteroatoms. The zero-order chi connectivity index (χ0) is 12.8. The molecule has 0 aromatic heterocycles. The maximum Gasteiger partial charge on any atom is 0.257 e. The lowest BCUT2D eigenvalue weighted by atomic mass is 10.2. The van der Waals surface area contributed by atoms with Crippen LogP contribution < -0.4 is 10.7 Å². The quantitative estimate of drug-likeness (QED) is 0.797. The van der Waals surface area contributed by atoms with Crippen molar-refractivity contribution >= 4 is 23.2 Å². The Hall–Kier alpha value is -1.46. The molecular weight excluding hydrogens is 246 g/mol. The number of carbonyl (C=O) groups excluding carboxylic acids is 1. The molecule has 1 aliphatic heterocycles. The second-order valence-electron chi connectivity index (χ2n) is 4.31. The van der Waals surface area contributed by atoms with Gasteiger partial charge in [0.15, 0.2) is 5.11 Å². The molecule has 1 heterocycles. The first kappa shape index (κ1) is 13.0. The van der Waals surface area contributed by atoms with Gasteiger partial charge in [0.1, 0.15) is 0 Å². The summed E-state index contributed by atoms with van der Waals surface area (Å²) in [7, 11) is 0. The van der Waals surface area contributed by atoms with E-state index in [-0.39, 0.29) is 5.91 Å². The summed E-state index contributed by atoms with van der Waals surface area (Å²) in [6.45, 7) is 1.95. The Kier molecular flexibility index (Phi) is 4.66. The van der Waals surface area contributed by atoms with Crippen LogP contribution in [0, 0.1) is 0 Å². The number of rotatable bonds is 2. The van der Waals surface area contributed by atoms with Crippen LogP contribution in [0.25, 0.3) is 0 Å². The summed E-state index contributed by atoms with van der Waals surface area (Å²) >= 11 is 5.13. The number of amides is 1. The summed E-state index contributed by atoms with van der Waals surface area (Å²) in [6, 6.07) is 9.06. The highest BCUT2D eigenvalue weighted by atomic mass is 32.1. The molecule has 0 aliphatic carbocycles. The van der Waals surface area contributed by atoms with Gasteiger partial charge in [0, 0.05) is 18.7 Å². The Morgan fingerprint density at radius 2 is 1.78 bits per heavy atom. The monoisotopic (exact) mass is 263 g/mol. The van der Waals surface area contributed by atoms with Crippen molar-refractivity contribution in [2.45, 2.75) is 19.3 Å². The number of hydrogen-bond donors (Lipinski definition) is 2. The minimum atomic E-state index is -0.176. The van der Waals surface area contributed by atoms with Gasteiger partial charge in [0.25, 0.3) is 5.91 Å². The highest BCUT2D eigenvalue weighted by molar-refractivity contribution is 7.80. The Morgan fingerprint density at radius 1 is 1.11 bits per heavy atom. The number of hydrazine groups is 1. The van der Waals surface area contributed by atoms with Gasteiger partial charge in [0.05, 0.1) is 0 Å². The number of carbonyl (C=O) groups is 1. The number of benzene rings is 1. The van der Waals surface area contributed by atoms with Crippen LogP contribution in [-0.4, -0.2) is 29.1 Å². The Balaban J connectivity index is 1.82. The van der Waals surface area contributed by atoms with Crippen molar-refractivity contribution in [2.75, 3.05) is 13.1 Å². The van der Waals surface area contributed by atoms with Crippen LogP contribution in [0.2, 0.25) is 0 Å². The predicted octanol–water partition coefficient (Wildman–Crippen LogP) is 1.69. The zero-order valence-electron chi connectivity index (χ0n) is 10.2. The molecule has 0 spiro atoms. The Labute approximate surface area is 112 Å². The summed E-state index contributed by atoms with van der Waals surface area (Å²) in [5, 5.41) is 5.10. The Morgan fingerprint density at radius 3 is 2.44 bits per heavy atom. The van der Waals surface area contributed by atoms with Crippen molar-refractivity contribution in [3.63, 3.8) is 0 Å². The normalized spacial score (nSPS) is 16.0. The van der Waals surface area contributed by atoms with Gasteiger partial charge in [-0.25, -0.2) is 5.01 Å². The fraction of sp³-hybridized carbons (Fsp3) is 0.385. The number of nitrogens with zero attached hydrogens (tertiary/aromatic N) is 1. The van der Waals surface area contributed by atoms with Gasteiger partial charge >= 0.3 is 0 Å². The first-order valence-electron chi connectivity index (χ1n) is 6.17. The number of hydrogen-bond acceptors (Lipinski definition) is 3. The fourth-order valence-electron chi connectivity index (χ4n) is 1.94. The van der Waals surface area contributed by atoms with Crippen LogP contribution >= 0.6 is 12.2 Å². The van der Waals surface area contributed by atoms with Gasteiger partial charge in [0.2, 0.25) is 0 Å². The molecule has 2 N–H and O–H groups in total. The number of piperidine rings is 1. The maximum absolute atomic E-state index is 11.8. The van der Waals surface area contributed by atoms with Crippen molar-refractivity contribution < 1.29 is 4.79 Å². The average Bonchev–Trinajstić information content (AvgIpc) is 2.40. The SMILES string of the molecule is O=C(NC(=S)NN1CCCCC1)c1ccccc1. The topological polar surface area (TPSA) is 44.4 Å². The van der Waals surface area contributed by atoms with E-state index < -0.39 is 0 Å². The largest absolute Gasteiger partial charge is 0.298 e. The first-order chi connectivity index (χ1) is 8.75. The molecule has 0 bridgehead atoms. The standard InChI is InChI=1S/C13H17N3OS/c17-12(11-7-3-1-4-8-11)14-13(18)15-16-9-5-2-6-10-16/h1,3-4,7-8H,2,5-6,9-10H2,(H2,14,15,17,18). The van der Waals surface area contributed by atoms with E-state index in [1.165, 1.54) is 19.3 Å². The van der Waals surface area contributed by atoms with Crippen LogP contribution in [0.5, 0.6) is 0 Å². The zero-order valence-corrected chi connectivity index (χ0v) is 11.0. The molecule has 1 saturated heterocycles. The summed E-state index contributed by atoms with van der Waals surface area (Å²) in [4.78, 5) is 11.8. The second kappa shape index (κ2) is 6.47. The second-order valence-corrected chi connectivity index (χ2v) is 4.72. The highest BCUT2D eigenvalue weighted by Gasteiger charge is 2.12. The third kappa shape index (κ3) is 3.78. The molecule has 0 unspecified atom stereocenters. The number of thiocarbonyl (C=S) groups is 1. The maximum atomic E-state index is 11.8. The summed E-state index contributed by atoms with van der Waals surface area (Å²) in [5.74, 6) is -0.176. The molecule has 0 radical (unpaired) electrons. The van der Waals surface area contributed by atoms with E-state index >= 15 is 0 Å². The van der Waals surface area contributed by atoms with Crippen molar-refractivity contribution in [1.29, 1.82) is 0 Å². The molecule has 1 amide bonds. The summed E-state index contributed by atoms with van der Waals surface area (Å²) in [6.07, 6.45) is 3.60. The van der Waals surface area contributed by atoms with Gasteiger partial charge in [-0.1, -0.05) is 24.6 Å². The van der Waals surface area contributed by atoms with E-state index in [1.54, 1.807) is 12.1 Å². The third-order valence-corrected chi connectivity index (χ3v) is 3.07. The Bertz CT molecular complexity index is 416. The van der Waals surface area contributed by atoms with Crippen molar-refractivity contribution in [3.8, 4) is 0 Å². The van der Waals surface area contributed by atoms with Crippen LogP contribution in [0.4, 0.5) is 0 Å². The van der Waals surface area contributed by atoms with Crippen LogP contribution in [0.15, 0.2) is 30.3 Å². The fourth-order valence-corrected chi connectivity index (χ4v) is 2.16. The van der Waals surface area contributed by atoms with E-state index in [9.17, 15) is 4.79 Å². The van der Waals surface area contributed by atoms with E-state index in [1.807, 2.05) is 18.2 Å². The molecular formula is C13H17N3OS. The van der Waals surface area contributed by atoms with Crippen LogP contribution in [0.1, 0.15) is 29.6 Å². The molecule has 1 aromatic rings. The molecule has 4 nitrogen and oxygen atoms in total. The predicted molar refractivity (Wildman–Crippen MR) is 75.1 cm³/mol. The van der Waals surface area contributed by atoms with Gasteiger partial charge in [-0.2, -0.15) is 0 Å². The molecule has 96 valence electrons. The van der Waals surface area contributed by atoms with Crippen LogP contribution in [-0.2, 0) is 0 Å². The third-order valence-electron chi connectivity index (χ3n) is 2.88. The molecule has 0 atom stereocenters. The average molecular weight is 263 g/mol. The number of nitrogens with one attached hydrogen (secondary N) is 2. The lowest BCUT2D eigenvalue weighted by molar-refractivity contribution is 0.0972.